The fourth-order valence-corrected chi connectivity index (χ4v) is 5.23. The van der Waals surface area contributed by atoms with Crippen LogP contribution in [0.3, 0.4) is 0 Å². The molecule has 0 bridgehead atoms. The molecule has 0 fully saturated rings. The Labute approximate surface area is 215 Å². The van der Waals surface area contributed by atoms with Crippen LogP contribution in [0.25, 0.3) is 0 Å². The number of allylic oxidation sites excluding steroid dienone is 1. The standard InChI is InChI=1S/C30H29F2N3O2/c1-30(2)15-24-28(26(36)16-30)29(20-9-13-22(32)14-10-20)35(25-6-4-3-5-23(25)34-24)18-27(37)33-17-19-7-11-21(31)12-8-19/h3-14,29,34H,15-18H2,1-2H3,(H,33,37). The molecule has 5 nitrogen and oxygen atoms in total. The maximum absolute atomic E-state index is 13.9. The van der Waals surface area contributed by atoms with Crippen LogP contribution in [0.5, 0.6) is 0 Å². The lowest BCUT2D eigenvalue weighted by atomic mass is 9.73. The number of benzene rings is 3. The number of amides is 1. The molecule has 0 spiro atoms. The molecule has 1 aliphatic carbocycles. The van der Waals surface area contributed by atoms with Crippen molar-refractivity contribution in [1.82, 2.24) is 5.32 Å². The number of carbonyl (C=O) groups excluding carboxylic acids is 2. The Hall–Kier alpha value is -4.00. The van der Waals surface area contributed by atoms with Crippen LogP contribution in [0.1, 0.15) is 43.9 Å². The second-order valence-corrected chi connectivity index (χ2v) is 10.5. The Kier molecular flexibility index (Phi) is 6.54. The number of hydrogen-bond acceptors (Lipinski definition) is 4. The van der Waals surface area contributed by atoms with Gasteiger partial charge in [-0.2, -0.15) is 0 Å². The van der Waals surface area contributed by atoms with Gasteiger partial charge < -0.3 is 15.5 Å². The van der Waals surface area contributed by atoms with Gasteiger partial charge in [-0.25, -0.2) is 8.78 Å². The minimum absolute atomic E-state index is 0.0117. The van der Waals surface area contributed by atoms with Crippen LogP contribution >= 0.6 is 0 Å². The number of anilines is 2. The molecule has 2 aliphatic rings. The Morgan fingerprint density at radius 2 is 1.62 bits per heavy atom. The van der Waals surface area contributed by atoms with Crippen LogP contribution in [0.4, 0.5) is 20.2 Å². The van der Waals surface area contributed by atoms with Crippen molar-refractivity contribution in [3.8, 4) is 0 Å². The first kappa shape index (κ1) is 24.7. The van der Waals surface area contributed by atoms with E-state index in [1.165, 1.54) is 24.3 Å². The van der Waals surface area contributed by atoms with E-state index in [1.54, 1.807) is 24.3 Å². The zero-order valence-corrected chi connectivity index (χ0v) is 20.9. The van der Waals surface area contributed by atoms with Crippen LogP contribution in [0, 0.1) is 17.0 Å². The third-order valence-electron chi connectivity index (χ3n) is 6.91. The summed E-state index contributed by atoms with van der Waals surface area (Å²) in [6.07, 6.45) is 1.05. The summed E-state index contributed by atoms with van der Waals surface area (Å²) in [6.45, 7) is 4.35. The summed E-state index contributed by atoms with van der Waals surface area (Å²) in [4.78, 5) is 28.8. The Balaban J connectivity index is 1.56. The van der Waals surface area contributed by atoms with E-state index in [2.05, 4.69) is 24.5 Å². The molecule has 0 radical (unpaired) electrons. The van der Waals surface area contributed by atoms with Crippen molar-refractivity contribution in [2.75, 3.05) is 16.8 Å². The molecule has 1 aliphatic heterocycles. The van der Waals surface area contributed by atoms with E-state index in [-0.39, 0.29) is 41.8 Å². The minimum atomic E-state index is -0.577. The molecule has 37 heavy (non-hydrogen) atoms. The van der Waals surface area contributed by atoms with Gasteiger partial charge in [0.05, 0.1) is 24.0 Å². The summed E-state index contributed by atoms with van der Waals surface area (Å²) in [5, 5.41) is 6.41. The molecule has 3 aromatic rings. The molecule has 0 aromatic heterocycles. The van der Waals surface area contributed by atoms with Gasteiger partial charge in [-0.3, -0.25) is 9.59 Å². The molecule has 190 valence electrons. The number of Topliss-reactive ketones (excluding diaryl/α,β-unsaturated/α-hetero) is 1. The number of ketones is 1. The van der Waals surface area contributed by atoms with Crippen molar-refractivity contribution in [2.45, 2.75) is 39.3 Å². The number of carbonyl (C=O) groups is 2. The van der Waals surface area contributed by atoms with E-state index in [9.17, 15) is 18.4 Å². The van der Waals surface area contributed by atoms with Gasteiger partial charge in [0.15, 0.2) is 5.78 Å². The molecular formula is C30H29F2N3O2. The highest BCUT2D eigenvalue weighted by atomic mass is 19.1. The zero-order valence-electron chi connectivity index (χ0n) is 20.9. The van der Waals surface area contributed by atoms with Crippen molar-refractivity contribution < 1.29 is 18.4 Å². The molecule has 0 saturated heterocycles. The molecule has 7 heteroatoms. The Morgan fingerprint density at radius 3 is 2.32 bits per heavy atom. The molecule has 2 N–H and O–H groups in total. The monoisotopic (exact) mass is 501 g/mol. The highest BCUT2D eigenvalue weighted by Crippen LogP contribution is 2.48. The quantitative estimate of drug-likeness (QED) is 0.457. The second-order valence-electron chi connectivity index (χ2n) is 10.5. The van der Waals surface area contributed by atoms with Gasteiger partial charge in [0, 0.05) is 24.2 Å². The first-order valence-electron chi connectivity index (χ1n) is 12.4. The lowest BCUT2D eigenvalue weighted by Gasteiger charge is -2.37. The van der Waals surface area contributed by atoms with Crippen LogP contribution in [-0.4, -0.2) is 18.2 Å². The third-order valence-corrected chi connectivity index (χ3v) is 6.91. The van der Waals surface area contributed by atoms with Gasteiger partial charge in [-0.05, 0) is 59.4 Å². The summed E-state index contributed by atoms with van der Waals surface area (Å²) in [5.74, 6) is -0.948. The van der Waals surface area contributed by atoms with Crippen LogP contribution < -0.4 is 15.5 Å². The second kappa shape index (κ2) is 9.81. The lowest BCUT2D eigenvalue weighted by Crippen LogP contribution is -2.41. The van der Waals surface area contributed by atoms with Crippen molar-refractivity contribution in [3.05, 3.63) is 107 Å². The fraction of sp³-hybridized carbons (Fsp3) is 0.267. The van der Waals surface area contributed by atoms with Gasteiger partial charge >= 0.3 is 0 Å². The van der Waals surface area contributed by atoms with E-state index in [0.29, 0.717) is 18.4 Å². The number of fused-ring (bicyclic) bond motifs is 1. The molecule has 1 unspecified atom stereocenters. The van der Waals surface area contributed by atoms with E-state index in [4.69, 9.17) is 0 Å². The first-order chi connectivity index (χ1) is 17.7. The largest absolute Gasteiger partial charge is 0.357 e. The zero-order chi connectivity index (χ0) is 26.2. The highest BCUT2D eigenvalue weighted by Gasteiger charge is 2.41. The molecular weight excluding hydrogens is 472 g/mol. The molecule has 5 rings (SSSR count). The summed E-state index contributed by atoms with van der Waals surface area (Å²) in [6, 6.07) is 19.1. The van der Waals surface area contributed by atoms with E-state index in [1.807, 2.05) is 29.2 Å². The maximum Gasteiger partial charge on any atom is 0.239 e. The number of para-hydroxylation sites is 2. The van der Waals surface area contributed by atoms with Crippen LogP contribution in [-0.2, 0) is 16.1 Å². The normalized spacial score (nSPS) is 18.4. The van der Waals surface area contributed by atoms with Crippen LogP contribution in [0.15, 0.2) is 84.1 Å². The van der Waals surface area contributed by atoms with E-state index in [0.717, 1.165) is 28.2 Å². The highest BCUT2D eigenvalue weighted by molar-refractivity contribution is 6.01. The van der Waals surface area contributed by atoms with Crippen molar-refractivity contribution in [2.24, 2.45) is 5.41 Å². The van der Waals surface area contributed by atoms with Gasteiger partial charge in [-0.15, -0.1) is 0 Å². The van der Waals surface area contributed by atoms with Crippen molar-refractivity contribution in [1.29, 1.82) is 0 Å². The van der Waals surface area contributed by atoms with E-state index >= 15 is 0 Å². The number of halogens is 2. The number of rotatable bonds is 5. The average Bonchev–Trinajstić information content (AvgIpc) is 2.98. The Morgan fingerprint density at radius 1 is 0.973 bits per heavy atom. The van der Waals surface area contributed by atoms with Gasteiger partial charge in [0.2, 0.25) is 5.91 Å². The smallest absolute Gasteiger partial charge is 0.239 e. The predicted octanol–water partition coefficient (Wildman–Crippen LogP) is 5.90. The molecule has 1 atom stereocenters. The fourth-order valence-electron chi connectivity index (χ4n) is 5.23. The SMILES string of the molecule is CC1(C)CC(=O)C2=C(C1)Nc1ccccc1N(CC(=O)NCc1ccc(F)cc1)C2c1ccc(F)cc1. The summed E-state index contributed by atoms with van der Waals surface area (Å²) < 4.78 is 27.1. The summed E-state index contributed by atoms with van der Waals surface area (Å²) in [7, 11) is 0. The lowest BCUT2D eigenvalue weighted by molar-refractivity contribution is -0.120. The van der Waals surface area contributed by atoms with Gasteiger partial charge in [0.25, 0.3) is 0 Å². The van der Waals surface area contributed by atoms with Crippen LogP contribution in [0.2, 0.25) is 0 Å². The molecule has 1 heterocycles. The molecule has 1 amide bonds. The molecule has 3 aromatic carbocycles. The van der Waals surface area contributed by atoms with Crippen molar-refractivity contribution in [3.63, 3.8) is 0 Å². The molecule has 0 saturated carbocycles. The predicted molar refractivity (Wildman–Crippen MR) is 140 cm³/mol. The summed E-state index contributed by atoms with van der Waals surface area (Å²) in [5.41, 5.74) is 4.30. The number of hydrogen-bond donors (Lipinski definition) is 2. The number of nitrogens with one attached hydrogen (secondary N) is 2. The van der Waals surface area contributed by atoms with Gasteiger partial charge in [-0.1, -0.05) is 50.2 Å². The topological polar surface area (TPSA) is 61.4 Å². The van der Waals surface area contributed by atoms with Gasteiger partial charge in [0.1, 0.15) is 11.6 Å². The summed E-state index contributed by atoms with van der Waals surface area (Å²) >= 11 is 0. The maximum atomic E-state index is 13.9. The first-order valence-corrected chi connectivity index (χ1v) is 12.4. The average molecular weight is 502 g/mol. The van der Waals surface area contributed by atoms with Crippen molar-refractivity contribution >= 4 is 23.1 Å². The minimum Gasteiger partial charge on any atom is -0.357 e. The number of nitrogens with zero attached hydrogens (tertiary/aromatic N) is 1. The van der Waals surface area contributed by atoms with E-state index < -0.39 is 6.04 Å². The Bertz CT molecular complexity index is 1360. The third kappa shape index (κ3) is 5.26.